The molecule has 0 amide bonds. The van der Waals surface area contributed by atoms with Crippen molar-refractivity contribution >= 4 is 0 Å². The van der Waals surface area contributed by atoms with Crippen LogP contribution in [0.2, 0.25) is 0 Å². The number of aliphatic hydroxyl groups excluding tert-OH is 5. The molecule has 0 aromatic heterocycles. The molecule has 0 radical (unpaired) electrons. The van der Waals surface area contributed by atoms with Crippen molar-refractivity contribution in [1.82, 2.24) is 4.90 Å². The highest BCUT2D eigenvalue weighted by atomic mass is 16.4. The zero-order valence-corrected chi connectivity index (χ0v) is 15.5. The molecule has 5 N–H and O–H groups in total. The molecule has 4 unspecified atom stereocenters. The van der Waals surface area contributed by atoms with Crippen LogP contribution in [0.25, 0.3) is 0 Å². The predicted molar refractivity (Wildman–Crippen MR) is 95.8 cm³/mol. The van der Waals surface area contributed by atoms with E-state index in [4.69, 9.17) is 5.11 Å². The van der Waals surface area contributed by atoms with Crippen LogP contribution >= 0.6 is 0 Å². The van der Waals surface area contributed by atoms with Gasteiger partial charge in [-0.2, -0.15) is 0 Å². The summed E-state index contributed by atoms with van der Waals surface area (Å²) in [6.45, 7) is 2.60. The number of hydrogen-bond acceptors (Lipinski definition) is 6. The van der Waals surface area contributed by atoms with Gasteiger partial charge in [0.25, 0.3) is 0 Å². The van der Waals surface area contributed by atoms with Crippen LogP contribution in [0.5, 0.6) is 0 Å². The monoisotopic (exact) mass is 349 g/mol. The summed E-state index contributed by atoms with van der Waals surface area (Å²) >= 11 is 0. The molecule has 0 aromatic rings. The Morgan fingerprint density at radius 2 is 1.17 bits per heavy atom. The van der Waals surface area contributed by atoms with Crippen LogP contribution in [-0.2, 0) is 0 Å². The molecule has 0 aliphatic carbocycles. The second-order valence-corrected chi connectivity index (χ2v) is 6.89. The normalized spacial score (nSPS) is 17.0. The van der Waals surface area contributed by atoms with Crippen molar-refractivity contribution in [1.29, 1.82) is 0 Å². The molecule has 0 aromatic carbocycles. The predicted octanol–water partition coefficient (Wildman–Crippen LogP) is 0.885. The number of hydrogen-bond donors (Lipinski definition) is 5. The standard InChI is InChI=1S/C18H39NO5/c1-3-4-5-6-7-8-9-10-11-12-19(2)13-15(21)17(23)18(24)16(22)14-20/h15-18,20-24H,3-14H2,1-2H3. The van der Waals surface area contributed by atoms with Gasteiger partial charge in [0.05, 0.1) is 12.7 Å². The molecule has 0 aliphatic heterocycles. The Kier molecular flexibility index (Phi) is 14.9. The molecule has 146 valence electrons. The maximum absolute atomic E-state index is 9.90. The first-order valence-electron chi connectivity index (χ1n) is 9.45. The van der Waals surface area contributed by atoms with Crippen LogP contribution in [0.1, 0.15) is 64.7 Å². The SMILES string of the molecule is CCCCCCCCCCCN(C)CC(O)C(O)C(O)C(O)CO. The van der Waals surface area contributed by atoms with Gasteiger partial charge in [0.1, 0.15) is 18.3 Å². The van der Waals surface area contributed by atoms with Gasteiger partial charge in [-0.05, 0) is 20.0 Å². The van der Waals surface area contributed by atoms with E-state index in [0.29, 0.717) is 0 Å². The van der Waals surface area contributed by atoms with Crippen molar-refractivity contribution in [3.8, 4) is 0 Å². The van der Waals surface area contributed by atoms with E-state index in [9.17, 15) is 20.4 Å². The minimum Gasteiger partial charge on any atom is -0.394 e. The minimum atomic E-state index is -1.55. The molecule has 0 fully saturated rings. The van der Waals surface area contributed by atoms with E-state index in [1.807, 2.05) is 11.9 Å². The molecule has 0 bridgehead atoms. The second-order valence-electron chi connectivity index (χ2n) is 6.89. The van der Waals surface area contributed by atoms with Crippen molar-refractivity contribution in [2.45, 2.75) is 89.1 Å². The van der Waals surface area contributed by atoms with Crippen molar-refractivity contribution in [2.24, 2.45) is 0 Å². The summed E-state index contributed by atoms with van der Waals surface area (Å²) in [4.78, 5) is 1.91. The Hall–Kier alpha value is -0.240. The molecule has 24 heavy (non-hydrogen) atoms. The van der Waals surface area contributed by atoms with Gasteiger partial charge in [0.2, 0.25) is 0 Å². The fraction of sp³-hybridized carbons (Fsp3) is 1.00. The third-order valence-electron chi connectivity index (χ3n) is 4.47. The van der Waals surface area contributed by atoms with Gasteiger partial charge >= 0.3 is 0 Å². The van der Waals surface area contributed by atoms with Crippen LogP contribution in [-0.4, -0.2) is 81.6 Å². The van der Waals surface area contributed by atoms with Gasteiger partial charge in [0, 0.05) is 6.54 Å². The second kappa shape index (κ2) is 15.0. The molecule has 0 rings (SSSR count). The van der Waals surface area contributed by atoms with Crippen LogP contribution in [0.4, 0.5) is 0 Å². The maximum atomic E-state index is 9.90. The summed E-state index contributed by atoms with van der Waals surface area (Å²) in [6, 6.07) is 0. The number of unbranched alkanes of at least 4 members (excludes halogenated alkanes) is 8. The summed E-state index contributed by atoms with van der Waals surface area (Å²) in [5.74, 6) is 0. The van der Waals surface area contributed by atoms with Gasteiger partial charge < -0.3 is 30.4 Å². The van der Waals surface area contributed by atoms with Crippen LogP contribution in [0.3, 0.4) is 0 Å². The van der Waals surface area contributed by atoms with Gasteiger partial charge in [-0.1, -0.05) is 58.3 Å². The highest BCUT2D eigenvalue weighted by molar-refractivity contribution is 4.82. The summed E-state index contributed by atoms with van der Waals surface area (Å²) in [5.41, 5.74) is 0. The first-order valence-corrected chi connectivity index (χ1v) is 9.45. The van der Waals surface area contributed by atoms with Gasteiger partial charge in [-0.25, -0.2) is 0 Å². The Labute approximate surface area is 147 Å². The quantitative estimate of drug-likeness (QED) is 0.265. The van der Waals surface area contributed by atoms with Gasteiger partial charge in [0.15, 0.2) is 0 Å². The molecule has 0 saturated heterocycles. The van der Waals surface area contributed by atoms with E-state index in [1.54, 1.807) is 0 Å². The summed E-state index contributed by atoms with van der Waals surface area (Å²) in [7, 11) is 1.86. The molecule has 0 heterocycles. The summed E-state index contributed by atoms with van der Waals surface area (Å²) in [6.07, 6.45) is 5.67. The minimum absolute atomic E-state index is 0.216. The zero-order chi connectivity index (χ0) is 18.4. The number of nitrogens with zero attached hydrogens (tertiary/aromatic N) is 1. The van der Waals surface area contributed by atoms with Crippen LogP contribution in [0.15, 0.2) is 0 Å². The van der Waals surface area contributed by atoms with E-state index in [0.717, 1.165) is 19.4 Å². The Balaban J connectivity index is 3.69. The lowest BCUT2D eigenvalue weighted by molar-refractivity contribution is -0.118. The van der Waals surface area contributed by atoms with Crippen molar-refractivity contribution in [2.75, 3.05) is 26.7 Å². The summed E-state index contributed by atoms with van der Waals surface area (Å²) < 4.78 is 0. The van der Waals surface area contributed by atoms with Crippen LogP contribution in [0, 0.1) is 0 Å². The highest BCUT2D eigenvalue weighted by Crippen LogP contribution is 2.10. The number of likely N-dealkylation sites (N-methyl/N-ethyl adjacent to an activating group) is 1. The molecule has 0 saturated carbocycles. The number of aliphatic hydroxyl groups is 5. The molecule has 4 atom stereocenters. The molecular formula is C18H39NO5. The molecule has 6 heteroatoms. The van der Waals surface area contributed by atoms with Crippen molar-refractivity contribution < 1.29 is 25.5 Å². The van der Waals surface area contributed by atoms with Crippen molar-refractivity contribution in [3.05, 3.63) is 0 Å². The molecular weight excluding hydrogens is 310 g/mol. The average Bonchev–Trinajstić information content (AvgIpc) is 2.58. The third kappa shape index (κ3) is 11.3. The first kappa shape index (κ1) is 23.8. The largest absolute Gasteiger partial charge is 0.394 e. The zero-order valence-electron chi connectivity index (χ0n) is 15.5. The van der Waals surface area contributed by atoms with Gasteiger partial charge in [-0.3, -0.25) is 0 Å². The average molecular weight is 350 g/mol. The van der Waals surface area contributed by atoms with E-state index in [-0.39, 0.29) is 6.54 Å². The van der Waals surface area contributed by atoms with Gasteiger partial charge in [-0.15, -0.1) is 0 Å². The lowest BCUT2D eigenvalue weighted by Gasteiger charge is -2.28. The van der Waals surface area contributed by atoms with Crippen molar-refractivity contribution in [3.63, 3.8) is 0 Å². The lowest BCUT2D eigenvalue weighted by atomic mass is 10.0. The first-order chi connectivity index (χ1) is 11.4. The Morgan fingerprint density at radius 3 is 1.67 bits per heavy atom. The maximum Gasteiger partial charge on any atom is 0.111 e. The van der Waals surface area contributed by atoms with E-state index < -0.39 is 31.0 Å². The highest BCUT2D eigenvalue weighted by Gasteiger charge is 2.30. The smallest absolute Gasteiger partial charge is 0.111 e. The lowest BCUT2D eigenvalue weighted by Crippen LogP contribution is -2.49. The summed E-state index contributed by atoms with van der Waals surface area (Å²) in [5, 5.41) is 47.3. The topological polar surface area (TPSA) is 104 Å². The fourth-order valence-electron chi connectivity index (χ4n) is 2.77. The Morgan fingerprint density at radius 1 is 0.708 bits per heavy atom. The third-order valence-corrected chi connectivity index (χ3v) is 4.47. The molecule has 0 aliphatic rings. The number of rotatable bonds is 16. The van der Waals surface area contributed by atoms with Crippen LogP contribution < -0.4 is 0 Å². The molecule has 6 nitrogen and oxygen atoms in total. The van der Waals surface area contributed by atoms with E-state index >= 15 is 0 Å². The fourth-order valence-corrected chi connectivity index (χ4v) is 2.77. The van der Waals surface area contributed by atoms with E-state index in [2.05, 4.69) is 6.92 Å². The Bertz CT molecular complexity index is 280. The molecule has 0 spiro atoms. The van der Waals surface area contributed by atoms with E-state index in [1.165, 1.54) is 44.9 Å².